The maximum absolute atomic E-state index is 12.1. The van der Waals surface area contributed by atoms with Crippen molar-refractivity contribution >= 4 is 16.6 Å². The van der Waals surface area contributed by atoms with Gasteiger partial charge in [-0.2, -0.15) is 0 Å². The molecule has 0 heterocycles. The molecule has 0 fully saturated rings. The maximum atomic E-state index is 12.1. The number of carbonyl (C=O) groups excluding carboxylic acids is 1. The third kappa shape index (κ3) is 4.64. The second-order valence-electron chi connectivity index (χ2n) is 5.19. The summed E-state index contributed by atoms with van der Waals surface area (Å²) in [5.74, 6) is 0.462. The number of Topliss-reactive ketones (excluding diaryl/α,β-unsaturated/α-hetero) is 1. The lowest BCUT2D eigenvalue weighted by Crippen LogP contribution is -2.12. The lowest BCUT2D eigenvalue weighted by molar-refractivity contribution is 0.102. The second-order valence-corrected chi connectivity index (χ2v) is 6.65. The van der Waals surface area contributed by atoms with Gasteiger partial charge in [0.15, 0.2) is 5.78 Å². The van der Waals surface area contributed by atoms with Gasteiger partial charge in [0.25, 0.3) is 0 Å². The van der Waals surface area contributed by atoms with Crippen LogP contribution in [0.15, 0.2) is 48.5 Å². The average Bonchev–Trinajstić information content (AvgIpc) is 2.47. The average molecular weight is 300 g/mol. The lowest BCUT2D eigenvalue weighted by atomic mass is 10.1. The number of hydrogen-bond acceptors (Lipinski definition) is 2. The third-order valence-corrected chi connectivity index (χ3v) is 4.63. The summed E-state index contributed by atoms with van der Waals surface area (Å²) >= 11 is 0. The minimum Gasteiger partial charge on any atom is -0.293 e. The first-order valence-electron chi connectivity index (χ1n) is 7.11. The molecule has 3 heteroatoms. The van der Waals surface area contributed by atoms with Crippen molar-refractivity contribution in [2.24, 2.45) is 0 Å². The molecule has 2 aromatic carbocycles. The van der Waals surface area contributed by atoms with Gasteiger partial charge in [-0.05, 0) is 24.5 Å². The Kier molecular flexibility index (Phi) is 5.45. The first kappa shape index (κ1) is 15.6. The van der Waals surface area contributed by atoms with Crippen molar-refractivity contribution in [2.75, 3.05) is 5.75 Å². The van der Waals surface area contributed by atoms with Crippen LogP contribution in [-0.4, -0.2) is 15.7 Å². The van der Waals surface area contributed by atoms with E-state index in [9.17, 15) is 9.00 Å². The Hall–Kier alpha value is -1.74. The van der Waals surface area contributed by atoms with Gasteiger partial charge in [0, 0.05) is 22.1 Å². The van der Waals surface area contributed by atoms with Crippen LogP contribution in [-0.2, 0) is 23.0 Å². The highest BCUT2D eigenvalue weighted by atomic mass is 32.2. The Labute approximate surface area is 128 Å². The van der Waals surface area contributed by atoms with E-state index < -0.39 is 10.8 Å². The molecule has 1 unspecified atom stereocenters. The van der Waals surface area contributed by atoms with Gasteiger partial charge in [0.2, 0.25) is 0 Å². The zero-order chi connectivity index (χ0) is 15.2. The van der Waals surface area contributed by atoms with E-state index in [1.54, 1.807) is 0 Å². The summed E-state index contributed by atoms with van der Waals surface area (Å²) < 4.78 is 12.1. The second kappa shape index (κ2) is 7.32. The highest BCUT2D eigenvalue weighted by molar-refractivity contribution is 7.85. The number of aryl methyl sites for hydroxylation is 2. The van der Waals surface area contributed by atoms with E-state index in [4.69, 9.17) is 0 Å². The fourth-order valence-corrected chi connectivity index (χ4v) is 3.31. The molecular weight excluding hydrogens is 280 g/mol. The summed E-state index contributed by atoms with van der Waals surface area (Å²) in [6, 6.07) is 15.5. The molecule has 2 rings (SSSR count). The van der Waals surface area contributed by atoms with Crippen LogP contribution >= 0.6 is 0 Å². The monoisotopic (exact) mass is 300 g/mol. The van der Waals surface area contributed by atoms with Crippen molar-refractivity contribution in [2.45, 2.75) is 26.0 Å². The summed E-state index contributed by atoms with van der Waals surface area (Å²) in [5, 5.41) is 0. The first-order valence-corrected chi connectivity index (χ1v) is 8.60. The van der Waals surface area contributed by atoms with Gasteiger partial charge in [-0.15, -0.1) is 0 Å². The van der Waals surface area contributed by atoms with Crippen molar-refractivity contribution in [3.63, 3.8) is 0 Å². The Bertz CT molecular complexity index is 645. The Balaban J connectivity index is 1.96. The van der Waals surface area contributed by atoms with E-state index in [0.717, 1.165) is 17.5 Å². The number of rotatable bonds is 6. The molecule has 0 amide bonds. The summed E-state index contributed by atoms with van der Waals surface area (Å²) in [5.41, 5.74) is 4.01. The van der Waals surface area contributed by atoms with E-state index in [0.29, 0.717) is 11.3 Å². The zero-order valence-electron chi connectivity index (χ0n) is 12.5. The third-order valence-electron chi connectivity index (χ3n) is 3.39. The van der Waals surface area contributed by atoms with E-state index in [2.05, 4.69) is 6.92 Å². The van der Waals surface area contributed by atoms with Gasteiger partial charge < -0.3 is 0 Å². The van der Waals surface area contributed by atoms with Crippen molar-refractivity contribution in [3.8, 4) is 0 Å². The van der Waals surface area contributed by atoms with Gasteiger partial charge >= 0.3 is 0 Å². The van der Waals surface area contributed by atoms with Crippen LogP contribution in [0.25, 0.3) is 0 Å². The van der Waals surface area contributed by atoms with E-state index in [1.165, 1.54) is 5.56 Å². The van der Waals surface area contributed by atoms with Crippen LogP contribution in [0.2, 0.25) is 0 Å². The molecule has 2 nitrogen and oxygen atoms in total. The van der Waals surface area contributed by atoms with Gasteiger partial charge in [0.1, 0.15) is 0 Å². The fraction of sp³-hybridized carbons (Fsp3) is 0.278. The number of benzene rings is 2. The molecule has 110 valence electrons. The van der Waals surface area contributed by atoms with Crippen LogP contribution in [0.3, 0.4) is 0 Å². The Morgan fingerprint density at radius 2 is 1.76 bits per heavy atom. The Morgan fingerprint density at radius 1 is 1.05 bits per heavy atom. The topological polar surface area (TPSA) is 34.1 Å². The molecule has 0 aliphatic rings. The summed E-state index contributed by atoms with van der Waals surface area (Å²) in [6.45, 7) is 4.08. The van der Waals surface area contributed by atoms with Crippen LogP contribution in [0, 0.1) is 6.92 Å². The summed E-state index contributed by atoms with van der Waals surface area (Å²) in [7, 11) is -1.17. The summed E-state index contributed by atoms with van der Waals surface area (Å²) in [6.07, 6.45) is 0.952. The van der Waals surface area contributed by atoms with Crippen LogP contribution in [0.4, 0.5) is 0 Å². The van der Waals surface area contributed by atoms with Gasteiger partial charge in [-0.1, -0.05) is 61.0 Å². The molecule has 0 aliphatic carbocycles. The predicted molar refractivity (Wildman–Crippen MR) is 88.0 cm³/mol. The molecule has 2 aromatic rings. The van der Waals surface area contributed by atoms with Crippen LogP contribution < -0.4 is 0 Å². The molecule has 0 bridgehead atoms. The number of carbonyl (C=O) groups is 1. The molecule has 0 spiro atoms. The first-order chi connectivity index (χ1) is 10.1. The Morgan fingerprint density at radius 3 is 2.38 bits per heavy atom. The molecule has 21 heavy (non-hydrogen) atoms. The fourth-order valence-electron chi connectivity index (χ4n) is 2.19. The van der Waals surface area contributed by atoms with Gasteiger partial charge in [0.05, 0.1) is 5.75 Å². The van der Waals surface area contributed by atoms with Gasteiger partial charge in [-0.25, -0.2) is 0 Å². The van der Waals surface area contributed by atoms with Gasteiger partial charge in [-0.3, -0.25) is 9.00 Å². The molecule has 0 radical (unpaired) electrons. The smallest absolute Gasteiger partial charge is 0.175 e. The molecule has 0 aromatic heterocycles. The predicted octanol–water partition coefficient (Wildman–Crippen LogP) is 3.69. The van der Waals surface area contributed by atoms with E-state index >= 15 is 0 Å². The number of hydrogen-bond donors (Lipinski definition) is 0. The highest BCUT2D eigenvalue weighted by Crippen LogP contribution is 2.10. The van der Waals surface area contributed by atoms with Crippen molar-refractivity contribution in [1.29, 1.82) is 0 Å². The minimum atomic E-state index is -1.17. The standard InChI is InChI=1S/C18H20O2S/c1-3-15-7-9-17(10-8-15)18(19)13-21(20)12-16-6-4-5-14(2)11-16/h4-11H,3,12-13H2,1-2H3. The molecular formula is C18H20O2S. The lowest BCUT2D eigenvalue weighted by Gasteiger charge is -2.04. The molecule has 0 saturated carbocycles. The highest BCUT2D eigenvalue weighted by Gasteiger charge is 2.11. The van der Waals surface area contributed by atoms with E-state index in [-0.39, 0.29) is 11.5 Å². The molecule has 0 saturated heterocycles. The summed E-state index contributed by atoms with van der Waals surface area (Å²) in [4.78, 5) is 12.1. The van der Waals surface area contributed by atoms with Crippen LogP contribution in [0.1, 0.15) is 34.0 Å². The number of ketones is 1. The van der Waals surface area contributed by atoms with Crippen molar-refractivity contribution in [1.82, 2.24) is 0 Å². The van der Waals surface area contributed by atoms with Crippen molar-refractivity contribution in [3.05, 3.63) is 70.8 Å². The SMILES string of the molecule is CCc1ccc(C(=O)CS(=O)Cc2cccc(C)c2)cc1. The minimum absolute atomic E-state index is 0.0522. The largest absolute Gasteiger partial charge is 0.293 e. The van der Waals surface area contributed by atoms with Crippen LogP contribution in [0.5, 0.6) is 0 Å². The zero-order valence-corrected chi connectivity index (χ0v) is 13.3. The molecule has 0 N–H and O–H groups in total. The normalized spacial score (nSPS) is 12.1. The molecule has 0 aliphatic heterocycles. The maximum Gasteiger partial charge on any atom is 0.175 e. The van der Waals surface area contributed by atoms with E-state index in [1.807, 2.05) is 55.5 Å². The quantitative estimate of drug-likeness (QED) is 0.762. The van der Waals surface area contributed by atoms with Crippen molar-refractivity contribution < 1.29 is 9.00 Å². The molecule has 1 atom stereocenters.